The van der Waals surface area contributed by atoms with Crippen molar-refractivity contribution in [1.82, 2.24) is 14.5 Å². The molecule has 0 spiro atoms. The second kappa shape index (κ2) is 9.25. The minimum Gasteiger partial charge on any atom is -0.495 e. The number of ether oxygens (including phenoxy) is 1. The summed E-state index contributed by atoms with van der Waals surface area (Å²) < 4.78 is 22.0. The lowest BCUT2D eigenvalue weighted by atomic mass is 10.1. The highest BCUT2D eigenvalue weighted by Gasteiger charge is 2.20. The van der Waals surface area contributed by atoms with Crippen LogP contribution < -0.4 is 4.74 Å². The molecule has 2 aromatic heterocycles. The SMILES string of the molecule is COc1ccccc1-n1cc(-c2ccccc2)c2c(SCc3c(F)cccc3Cl)ncnc21. The number of hydrogen-bond acceptors (Lipinski definition) is 4. The number of fused-ring (bicyclic) bond motifs is 1. The molecular formula is C26H19ClFN3OS. The fourth-order valence-corrected chi connectivity index (χ4v) is 5.15. The molecular weight excluding hydrogens is 457 g/mol. The minimum absolute atomic E-state index is 0.324. The van der Waals surface area contributed by atoms with Gasteiger partial charge in [-0.2, -0.15) is 0 Å². The molecule has 0 fully saturated rings. The molecule has 2 heterocycles. The quantitative estimate of drug-likeness (QED) is 0.192. The van der Waals surface area contributed by atoms with E-state index in [9.17, 15) is 4.39 Å². The summed E-state index contributed by atoms with van der Waals surface area (Å²) in [6.45, 7) is 0. The largest absolute Gasteiger partial charge is 0.495 e. The highest BCUT2D eigenvalue weighted by atomic mass is 35.5. The summed E-state index contributed by atoms with van der Waals surface area (Å²) in [5, 5.41) is 2.06. The molecule has 0 aliphatic heterocycles. The Morgan fingerprint density at radius 1 is 0.970 bits per heavy atom. The molecule has 0 bridgehead atoms. The van der Waals surface area contributed by atoms with Crippen LogP contribution in [0.2, 0.25) is 5.02 Å². The maximum atomic E-state index is 14.4. The van der Waals surface area contributed by atoms with E-state index in [-0.39, 0.29) is 5.82 Å². The molecule has 0 N–H and O–H groups in total. The monoisotopic (exact) mass is 475 g/mol. The third kappa shape index (κ3) is 4.08. The number of hydrogen-bond donors (Lipinski definition) is 0. The summed E-state index contributed by atoms with van der Waals surface area (Å²) in [6.07, 6.45) is 3.58. The third-order valence-electron chi connectivity index (χ3n) is 5.39. The number of halogens is 2. The van der Waals surface area contributed by atoms with Gasteiger partial charge >= 0.3 is 0 Å². The van der Waals surface area contributed by atoms with Gasteiger partial charge in [0.25, 0.3) is 0 Å². The predicted octanol–water partition coefficient (Wildman–Crippen LogP) is 7.18. The Bertz CT molecular complexity index is 1420. The van der Waals surface area contributed by atoms with Gasteiger partial charge in [-0.05, 0) is 29.8 Å². The minimum atomic E-state index is -0.324. The molecule has 0 atom stereocenters. The van der Waals surface area contributed by atoms with E-state index in [0.717, 1.165) is 38.6 Å². The maximum absolute atomic E-state index is 14.4. The number of para-hydroxylation sites is 2. The van der Waals surface area contributed by atoms with Gasteiger partial charge in [-0.25, -0.2) is 14.4 Å². The lowest BCUT2D eigenvalue weighted by molar-refractivity contribution is 0.413. The van der Waals surface area contributed by atoms with Crippen LogP contribution in [0.4, 0.5) is 4.39 Å². The number of thioether (sulfide) groups is 1. The lowest BCUT2D eigenvalue weighted by Crippen LogP contribution is -1.98. The summed E-state index contributed by atoms with van der Waals surface area (Å²) in [5.41, 5.74) is 4.10. The van der Waals surface area contributed by atoms with E-state index >= 15 is 0 Å². The number of methoxy groups -OCH3 is 1. The maximum Gasteiger partial charge on any atom is 0.149 e. The van der Waals surface area contributed by atoms with Gasteiger partial charge in [0.1, 0.15) is 28.6 Å². The van der Waals surface area contributed by atoms with Crippen LogP contribution in [-0.4, -0.2) is 21.6 Å². The highest BCUT2D eigenvalue weighted by Crippen LogP contribution is 2.39. The lowest BCUT2D eigenvalue weighted by Gasteiger charge is -2.10. The third-order valence-corrected chi connectivity index (χ3v) is 6.76. The summed E-state index contributed by atoms with van der Waals surface area (Å²) >= 11 is 7.69. The van der Waals surface area contributed by atoms with Crippen molar-refractivity contribution in [2.24, 2.45) is 0 Å². The van der Waals surface area contributed by atoms with E-state index in [1.807, 2.05) is 53.2 Å². The van der Waals surface area contributed by atoms with Gasteiger partial charge in [0.15, 0.2) is 0 Å². The Morgan fingerprint density at radius 3 is 2.55 bits per heavy atom. The van der Waals surface area contributed by atoms with E-state index < -0.39 is 0 Å². The fraction of sp³-hybridized carbons (Fsp3) is 0.0769. The zero-order chi connectivity index (χ0) is 22.8. The van der Waals surface area contributed by atoms with E-state index in [4.69, 9.17) is 16.3 Å². The van der Waals surface area contributed by atoms with Crippen LogP contribution in [0.25, 0.3) is 27.8 Å². The first-order valence-corrected chi connectivity index (χ1v) is 11.6. The summed E-state index contributed by atoms with van der Waals surface area (Å²) in [5.74, 6) is 0.765. The van der Waals surface area contributed by atoms with Crippen molar-refractivity contribution in [3.8, 4) is 22.6 Å². The summed E-state index contributed by atoms with van der Waals surface area (Å²) in [4.78, 5) is 9.17. The summed E-state index contributed by atoms with van der Waals surface area (Å²) in [6, 6.07) is 22.6. The van der Waals surface area contributed by atoms with E-state index in [2.05, 4.69) is 22.1 Å². The molecule has 0 unspecified atom stereocenters. The number of nitrogens with zero attached hydrogens (tertiary/aromatic N) is 3. The molecule has 0 saturated heterocycles. The van der Waals surface area contributed by atoms with Gasteiger partial charge < -0.3 is 4.74 Å². The molecule has 7 heteroatoms. The molecule has 5 aromatic rings. The van der Waals surface area contributed by atoms with Gasteiger partial charge in [-0.1, -0.05) is 60.1 Å². The fourth-order valence-electron chi connectivity index (χ4n) is 3.80. The van der Waals surface area contributed by atoms with E-state index in [1.165, 1.54) is 24.2 Å². The van der Waals surface area contributed by atoms with Gasteiger partial charge in [0.05, 0.1) is 18.2 Å². The predicted molar refractivity (Wildman–Crippen MR) is 132 cm³/mol. The standard InChI is InChI=1S/C26H19ClFN3OS/c1-32-23-13-6-5-12-22(23)31-14-18(17-8-3-2-4-9-17)24-25(31)29-16-30-26(24)33-15-19-20(27)10-7-11-21(19)28/h2-14,16H,15H2,1H3. The van der Waals surface area contributed by atoms with Crippen LogP contribution in [0.3, 0.4) is 0 Å². The summed E-state index contributed by atoms with van der Waals surface area (Å²) in [7, 11) is 1.65. The first-order chi connectivity index (χ1) is 16.2. The number of rotatable bonds is 6. The zero-order valence-electron chi connectivity index (χ0n) is 17.7. The smallest absolute Gasteiger partial charge is 0.149 e. The molecule has 33 heavy (non-hydrogen) atoms. The molecule has 0 aliphatic rings. The molecule has 0 amide bonds. The molecule has 0 radical (unpaired) electrons. The second-order valence-electron chi connectivity index (χ2n) is 7.32. The van der Waals surface area contributed by atoms with Crippen LogP contribution in [-0.2, 0) is 5.75 Å². The van der Waals surface area contributed by atoms with Crippen LogP contribution in [0, 0.1) is 5.82 Å². The Labute approximate surface area is 200 Å². The van der Waals surface area contributed by atoms with Crippen molar-refractivity contribution < 1.29 is 9.13 Å². The van der Waals surface area contributed by atoms with Crippen molar-refractivity contribution >= 4 is 34.4 Å². The molecule has 5 rings (SSSR count). The average molecular weight is 476 g/mol. The van der Waals surface area contributed by atoms with Crippen molar-refractivity contribution in [2.45, 2.75) is 10.8 Å². The molecule has 0 saturated carbocycles. The van der Waals surface area contributed by atoms with Crippen molar-refractivity contribution in [3.05, 3.63) is 102 Å². The number of aromatic nitrogens is 3. The van der Waals surface area contributed by atoms with Gasteiger partial charge in [-0.3, -0.25) is 4.57 Å². The first-order valence-electron chi connectivity index (χ1n) is 10.3. The number of benzene rings is 3. The van der Waals surface area contributed by atoms with Crippen LogP contribution >= 0.6 is 23.4 Å². The van der Waals surface area contributed by atoms with Crippen molar-refractivity contribution in [1.29, 1.82) is 0 Å². The van der Waals surface area contributed by atoms with Crippen LogP contribution in [0.15, 0.2) is 90.3 Å². The van der Waals surface area contributed by atoms with Crippen LogP contribution in [0.1, 0.15) is 5.56 Å². The zero-order valence-corrected chi connectivity index (χ0v) is 19.3. The van der Waals surface area contributed by atoms with Gasteiger partial charge in [-0.15, -0.1) is 11.8 Å². The average Bonchev–Trinajstić information content (AvgIpc) is 3.24. The Hall–Kier alpha value is -3.35. The van der Waals surface area contributed by atoms with E-state index in [1.54, 1.807) is 19.2 Å². The molecule has 3 aromatic carbocycles. The van der Waals surface area contributed by atoms with Crippen LogP contribution in [0.5, 0.6) is 5.75 Å². The Kier molecular flexibility index (Phi) is 6.03. The molecule has 164 valence electrons. The van der Waals surface area contributed by atoms with Crippen molar-refractivity contribution in [2.75, 3.05) is 7.11 Å². The van der Waals surface area contributed by atoms with Gasteiger partial charge in [0.2, 0.25) is 0 Å². The first kappa shape index (κ1) is 21.5. The topological polar surface area (TPSA) is 39.9 Å². The van der Waals surface area contributed by atoms with Crippen molar-refractivity contribution in [3.63, 3.8) is 0 Å². The van der Waals surface area contributed by atoms with Gasteiger partial charge in [0, 0.05) is 28.1 Å². The van der Waals surface area contributed by atoms with E-state index in [0.29, 0.717) is 16.3 Å². The second-order valence-corrected chi connectivity index (χ2v) is 8.69. The Balaban J connectivity index is 1.69. The molecule has 0 aliphatic carbocycles. The highest BCUT2D eigenvalue weighted by molar-refractivity contribution is 7.98. The molecule has 4 nitrogen and oxygen atoms in total. The normalized spacial score (nSPS) is 11.1. The Morgan fingerprint density at radius 2 is 1.76 bits per heavy atom.